The molecule has 1 saturated heterocycles. The van der Waals surface area contributed by atoms with E-state index in [2.05, 4.69) is 15.5 Å². The van der Waals surface area contributed by atoms with E-state index in [9.17, 15) is 13.2 Å². The summed E-state index contributed by atoms with van der Waals surface area (Å²) in [5.74, 6) is 0.719. The molecule has 1 aliphatic heterocycles. The Hall–Kier alpha value is -1.58. The van der Waals surface area contributed by atoms with Crippen LogP contribution >= 0.6 is 23.4 Å². The van der Waals surface area contributed by atoms with E-state index in [1.165, 1.54) is 0 Å². The Balaban J connectivity index is 1.50. The predicted octanol–water partition coefficient (Wildman–Crippen LogP) is 2.74. The number of amides is 1. The second-order valence-corrected chi connectivity index (χ2v) is 9.82. The highest BCUT2D eigenvalue weighted by Gasteiger charge is 2.29. The topological polar surface area (TPSA) is 102 Å². The average Bonchev–Trinajstić information content (AvgIpc) is 3.15. The van der Waals surface area contributed by atoms with Crippen LogP contribution in [0.15, 0.2) is 27.8 Å². The van der Waals surface area contributed by atoms with E-state index in [0.717, 1.165) is 17.3 Å². The summed E-state index contributed by atoms with van der Waals surface area (Å²) in [6.45, 7) is 1.88. The van der Waals surface area contributed by atoms with Gasteiger partial charge in [0.25, 0.3) is 5.22 Å². The summed E-state index contributed by atoms with van der Waals surface area (Å²) in [7, 11) is -2.92. The zero-order valence-electron chi connectivity index (χ0n) is 14.1. The Kier molecular flexibility index (Phi) is 5.89. The van der Waals surface area contributed by atoms with Crippen LogP contribution in [0.3, 0.4) is 0 Å². The number of carbonyl (C=O) groups is 1. The van der Waals surface area contributed by atoms with E-state index in [1.54, 1.807) is 12.1 Å². The molecule has 0 radical (unpaired) electrons. The predicted molar refractivity (Wildman–Crippen MR) is 100 cm³/mol. The Morgan fingerprint density at radius 2 is 2.23 bits per heavy atom. The van der Waals surface area contributed by atoms with Crippen LogP contribution in [0.1, 0.15) is 17.9 Å². The van der Waals surface area contributed by atoms with E-state index in [4.69, 9.17) is 16.0 Å². The summed E-state index contributed by atoms with van der Waals surface area (Å²) < 4.78 is 28.5. The van der Waals surface area contributed by atoms with Crippen molar-refractivity contribution in [3.05, 3.63) is 34.7 Å². The fourth-order valence-corrected chi connectivity index (χ4v) is 5.32. The van der Waals surface area contributed by atoms with E-state index >= 15 is 0 Å². The fraction of sp³-hybridized carbons (Fsp3) is 0.438. The third kappa shape index (κ3) is 5.21. The molecule has 7 nitrogen and oxygen atoms in total. The van der Waals surface area contributed by atoms with Crippen LogP contribution in [-0.2, 0) is 21.1 Å². The number of aromatic nitrogens is 2. The second kappa shape index (κ2) is 7.98. The molecule has 1 atom stereocenters. The van der Waals surface area contributed by atoms with Crippen molar-refractivity contribution in [2.75, 3.05) is 22.6 Å². The van der Waals surface area contributed by atoms with Gasteiger partial charge in [0.05, 0.1) is 17.3 Å². The highest BCUT2D eigenvalue weighted by atomic mass is 35.5. The summed E-state index contributed by atoms with van der Waals surface area (Å²) in [5.41, 5.74) is 1.58. The lowest BCUT2D eigenvalue weighted by molar-refractivity contribution is -0.113. The lowest BCUT2D eigenvalue weighted by Gasteiger charge is -2.07. The maximum Gasteiger partial charge on any atom is 0.277 e. The Morgan fingerprint density at radius 1 is 1.42 bits per heavy atom. The van der Waals surface area contributed by atoms with Crippen LogP contribution < -0.4 is 5.32 Å². The minimum Gasteiger partial charge on any atom is -0.416 e. The third-order valence-electron chi connectivity index (χ3n) is 4.04. The number of hydrogen-bond acceptors (Lipinski definition) is 7. The highest BCUT2D eigenvalue weighted by molar-refractivity contribution is 7.99. The number of sulfone groups is 1. The zero-order valence-corrected chi connectivity index (χ0v) is 16.5. The summed E-state index contributed by atoms with van der Waals surface area (Å²) in [6.07, 6.45) is 1.06. The van der Waals surface area contributed by atoms with Crippen LogP contribution in [0.2, 0.25) is 5.02 Å². The molecule has 140 valence electrons. The Bertz CT molecular complexity index is 914. The molecule has 1 fully saturated rings. The first-order chi connectivity index (χ1) is 12.3. The van der Waals surface area contributed by atoms with E-state index in [0.29, 0.717) is 34.7 Å². The number of nitrogens with one attached hydrogen (secondary N) is 1. The molecular weight excluding hydrogens is 398 g/mol. The summed E-state index contributed by atoms with van der Waals surface area (Å²) in [5, 5.41) is 11.5. The lowest BCUT2D eigenvalue weighted by atomic mass is 10.1. The summed E-state index contributed by atoms with van der Waals surface area (Å²) in [6, 6.07) is 5.29. The molecule has 0 saturated carbocycles. The quantitative estimate of drug-likeness (QED) is 0.723. The molecular formula is C16H18ClN3O4S2. The highest BCUT2D eigenvalue weighted by Crippen LogP contribution is 2.24. The van der Waals surface area contributed by atoms with Gasteiger partial charge in [-0.25, -0.2) is 8.42 Å². The molecule has 0 aliphatic carbocycles. The number of carbonyl (C=O) groups excluding carboxylic acids is 1. The molecule has 0 spiro atoms. The van der Waals surface area contributed by atoms with Gasteiger partial charge < -0.3 is 9.73 Å². The standard InChI is InChI=1S/C16H18ClN3O4S2/c1-10-2-3-12(17)7-13(10)18-14(21)8-25-16-20-19-15(24-16)6-11-4-5-26(22,23)9-11/h2-3,7,11H,4-6,8-9H2,1H3,(H,18,21)/t11-/m0/s1. The van der Waals surface area contributed by atoms with Crippen molar-refractivity contribution in [1.82, 2.24) is 10.2 Å². The Morgan fingerprint density at radius 3 is 2.96 bits per heavy atom. The molecule has 26 heavy (non-hydrogen) atoms. The minimum atomic E-state index is -2.92. The summed E-state index contributed by atoms with van der Waals surface area (Å²) >= 11 is 7.07. The van der Waals surface area contributed by atoms with Crippen LogP contribution in [0.25, 0.3) is 0 Å². The Labute approximate surface area is 160 Å². The van der Waals surface area contributed by atoms with E-state index in [1.807, 2.05) is 13.0 Å². The van der Waals surface area contributed by atoms with Gasteiger partial charge in [-0.2, -0.15) is 0 Å². The molecule has 1 N–H and O–H groups in total. The number of hydrogen-bond donors (Lipinski definition) is 1. The number of thioether (sulfide) groups is 1. The number of nitrogens with zero attached hydrogens (tertiary/aromatic N) is 2. The van der Waals surface area contributed by atoms with Crippen LogP contribution in [-0.4, -0.2) is 41.8 Å². The molecule has 1 aromatic heterocycles. The van der Waals surface area contributed by atoms with Gasteiger partial charge in [0.1, 0.15) is 0 Å². The van der Waals surface area contributed by atoms with Gasteiger partial charge in [-0.1, -0.05) is 29.4 Å². The van der Waals surface area contributed by atoms with Gasteiger partial charge in [0, 0.05) is 17.1 Å². The first-order valence-electron chi connectivity index (χ1n) is 8.02. The van der Waals surface area contributed by atoms with Gasteiger partial charge in [-0.05, 0) is 37.0 Å². The van der Waals surface area contributed by atoms with Crippen molar-refractivity contribution in [2.24, 2.45) is 5.92 Å². The van der Waals surface area contributed by atoms with Gasteiger partial charge in [0.15, 0.2) is 9.84 Å². The van der Waals surface area contributed by atoms with E-state index < -0.39 is 9.84 Å². The van der Waals surface area contributed by atoms with Crippen molar-refractivity contribution in [2.45, 2.75) is 25.0 Å². The molecule has 3 rings (SSSR count). The molecule has 1 amide bonds. The van der Waals surface area contributed by atoms with Gasteiger partial charge in [0.2, 0.25) is 11.8 Å². The monoisotopic (exact) mass is 415 g/mol. The normalized spacial score (nSPS) is 18.8. The largest absolute Gasteiger partial charge is 0.416 e. The van der Waals surface area contributed by atoms with Crippen molar-refractivity contribution in [3.8, 4) is 0 Å². The molecule has 2 heterocycles. The molecule has 0 bridgehead atoms. The SMILES string of the molecule is Cc1ccc(Cl)cc1NC(=O)CSc1nnc(C[C@@H]2CCS(=O)(=O)C2)o1. The molecule has 10 heteroatoms. The molecule has 1 aromatic carbocycles. The maximum atomic E-state index is 12.1. The molecule has 1 aliphatic rings. The lowest BCUT2D eigenvalue weighted by Crippen LogP contribution is -2.14. The molecule has 0 unspecified atom stereocenters. The van der Waals surface area contributed by atoms with Crippen molar-refractivity contribution < 1.29 is 17.6 Å². The maximum absolute atomic E-state index is 12.1. The van der Waals surface area contributed by atoms with E-state index in [-0.39, 0.29) is 29.1 Å². The fourth-order valence-electron chi connectivity index (χ4n) is 2.70. The first kappa shape index (κ1) is 19.2. The number of benzene rings is 1. The number of halogens is 1. The molecule has 2 aromatic rings. The zero-order chi connectivity index (χ0) is 18.7. The number of anilines is 1. The first-order valence-corrected chi connectivity index (χ1v) is 11.2. The number of aryl methyl sites for hydroxylation is 1. The second-order valence-electron chi connectivity index (χ2n) is 6.23. The van der Waals surface area contributed by atoms with Crippen LogP contribution in [0, 0.1) is 12.8 Å². The van der Waals surface area contributed by atoms with Gasteiger partial charge >= 0.3 is 0 Å². The van der Waals surface area contributed by atoms with Gasteiger partial charge in [-0.15, -0.1) is 10.2 Å². The van der Waals surface area contributed by atoms with Crippen LogP contribution in [0.4, 0.5) is 5.69 Å². The summed E-state index contributed by atoms with van der Waals surface area (Å²) in [4.78, 5) is 12.1. The van der Waals surface area contributed by atoms with Crippen LogP contribution in [0.5, 0.6) is 0 Å². The van der Waals surface area contributed by atoms with Crippen molar-refractivity contribution >= 4 is 44.8 Å². The minimum absolute atomic E-state index is 0.0207. The number of rotatable bonds is 6. The smallest absolute Gasteiger partial charge is 0.277 e. The van der Waals surface area contributed by atoms with Crippen molar-refractivity contribution in [3.63, 3.8) is 0 Å². The van der Waals surface area contributed by atoms with Crippen molar-refractivity contribution in [1.29, 1.82) is 0 Å². The van der Waals surface area contributed by atoms with Gasteiger partial charge in [-0.3, -0.25) is 4.79 Å². The third-order valence-corrected chi connectivity index (χ3v) is 6.93. The average molecular weight is 416 g/mol.